The predicted molar refractivity (Wildman–Crippen MR) is 64.4 cm³/mol. The van der Waals surface area contributed by atoms with Gasteiger partial charge in [0.2, 0.25) is 5.89 Å². The Balaban J connectivity index is 1.71. The van der Waals surface area contributed by atoms with Crippen LogP contribution in [0.1, 0.15) is 23.4 Å². The van der Waals surface area contributed by atoms with E-state index in [9.17, 15) is 0 Å². The molecule has 1 aliphatic rings. The van der Waals surface area contributed by atoms with Crippen LogP contribution in [0.15, 0.2) is 22.8 Å². The molecule has 3 rings (SSSR count). The predicted octanol–water partition coefficient (Wildman–Crippen LogP) is 2.96. The molecule has 2 aromatic heterocycles. The van der Waals surface area contributed by atoms with Crippen LogP contribution in [-0.2, 0) is 6.54 Å². The summed E-state index contributed by atoms with van der Waals surface area (Å²) in [7, 11) is 0. The maximum atomic E-state index is 5.48. The Hall–Kier alpha value is -1.13. The number of rotatable bonds is 4. The van der Waals surface area contributed by atoms with E-state index < -0.39 is 0 Å². The van der Waals surface area contributed by atoms with Crippen LogP contribution in [0.3, 0.4) is 0 Å². The molecule has 1 N–H and O–H groups in total. The van der Waals surface area contributed by atoms with Gasteiger partial charge in [-0.2, -0.15) is 0 Å². The molecule has 84 valence electrons. The molecule has 0 unspecified atom stereocenters. The van der Waals surface area contributed by atoms with Crippen LogP contribution in [0, 0.1) is 6.92 Å². The summed E-state index contributed by atoms with van der Waals surface area (Å²) in [5, 5.41) is 3.42. The van der Waals surface area contributed by atoms with E-state index in [4.69, 9.17) is 4.42 Å². The number of hydrogen-bond donors (Lipinski definition) is 1. The number of thiophene rings is 1. The Kier molecular flexibility index (Phi) is 2.53. The number of nitrogens with one attached hydrogen (secondary N) is 1. The average Bonchev–Trinajstić information content (AvgIpc) is 2.81. The highest BCUT2D eigenvalue weighted by Crippen LogP contribution is 2.27. The fraction of sp³-hybridized carbons (Fsp3) is 0.417. The molecule has 0 saturated heterocycles. The van der Waals surface area contributed by atoms with E-state index in [1.807, 2.05) is 0 Å². The number of nitrogens with zero attached hydrogens (tertiary/aromatic N) is 1. The molecule has 1 fully saturated rings. The minimum atomic E-state index is 0.712. The van der Waals surface area contributed by atoms with Crippen molar-refractivity contribution in [2.24, 2.45) is 0 Å². The zero-order valence-corrected chi connectivity index (χ0v) is 10.0. The monoisotopic (exact) mass is 234 g/mol. The van der Waals surface area contributed by atoms with Gasteiger partial charge in [-0.15, -0.1) is 11.3 Å². The summed E-state index contributed by atoms with van der Waals surface area (Å²) in [6.45, 7) is 2.91. The van der Waals surface area contributed by atoms with Gasteiger partial charge in [0.15, 0.2) is 0 Å². The third-order valence-electron chi connectivity index (χ3n) is 2.65. The van der Waals surface area contributed by atoms with E-state index in [0.717, 1.165) is 23.0 Å². The van der Waals surface area contributed by atoms with Crippen LogP contribution < -0.4 is 5.32 Å². The smallest absolute Gasteiger partial charge is 0.236 e. The summed E-state index contributed by atoms with van der Waals surface area (Å²) in [5.74, 6) is 0.741. The van der Waals surface area contributed by atoms with Crippen molar-refractivity contribution in [3.63, 3.8) is 0 Å². The largest absolute Gasteiger partial charge is 0.444 e. The molecule has 16 heavy (non-hydrogen) atoms. The highest BCUT2D eigenvalue weighted by atomic mass is 32.1. The van der Waals surface area contributed by atoms with E-state index in [1.54, 1.807) is 17.6 Å². The number of oxazole rings is 1. The quantitative estimate of drug-likeness (QED) is 0.883. The van der Waals surface area contributed by atoms with Crippen molar-refractivity contribution in [2.45, 2.75) is 32.4 Å². The highest BCUT2D eigenvalue weighted by Gasteiger charge is 2.20. The number of aryl methyl sites for hydroxylation is 1. The average molecular weight is 234 g/mol. The maximum absolute atomic E-state index is 5.48. The van der Waals surface area contributed by atoms with Crippen molar-refractivity contribution in [1.29, 1.82) is 0 Å². The van der Waals surface area contributed by atoms with Crippen molar-refractivity contribution >= 4 is 11.3 Å². The molecule has 0 radical (unpaired) electrons. The molecule has 0 aromatic carbocycles. The summed E-state index contributed by atoms with van der Waals surface area (Å²) in [6.07, 6.45) is 4.35. The fourth-order valence-corrected chi connectivity index (χ4v) is 2.39. The van der Waals surface area contributed by atoms with E-state index in [1.165, 1.54) is 17.7 Å². The van der Waals surface area contributed by atoms with Gasteiger partial charge in [0, 0.05) is 17.5 Å². The first-order chi connectivity index (χ1) is 7.81. The Morgan fingerprint density at radius 2 is 2.38 bits per heavy atom. The third-order valence-corrected chi connectivity index (χ3v) is 3.64. The van der Waals surface area contributed by atoms with Gasteiger partial charge in [-0.3, -0.25) is 0 Å². The molecule has 3 nitrogen and oxygen atoms in total. The van der Waals surface area contributed by atoms with Gasteiger partial charge in [0.05, 0.1) is 10.6 Å². The summed E-state index contributed by atoms with van der Waals surface area (Å²) < 4.78 is 5.48. The summed E-state index contributed by atoms with van der Waals surface area (Å²) >= 11 is 1.71. The summed E-state index contributed by atoms with van der Waals surface area (Å²) in [4.78, 5) is 6.86. The standard InChI is InChI=1S/C12H14N2OS/c1-8-2-5-11(16-8)12-14-10(7-15-12)6-13-9-3-4-9/h2,5,7,9,13H,3-4,6H2,1H3. The molecule has 2 aromatic rings. The summed E-state index contributed by atoms with van der Waals surface area (Å²) in [6, 6.07) is 4.86. The van der Waals surface area contributed by atoms with Crippen molar-refractivity contribution in [2.75, 3.05) is 0 Å². The van der Waals surface area contributed by atoms with Crippen LogP contribution in [-0.4, -0.2) is 11.0 Å². The second kappa shape index (κ2) is 4.03. The van der Waals surface area contributed by atoms with E-state index in [0.29, 0.717) is 6.04 Å². The van der Waals surface area contributed by atoms with E-state index in [-0.39, 0.29) is 0 Å². The van der Waals surface area contributed by atoms with Crippen LogP contribution in [0.25, 0.3) is 10.8 Å². The van der Waals surface area contributed by atoms with Crippen molar-refractivity contribution < 1.29 is 4.42 Å². The lowest BCUT2D eigenvalue weighted by molar-refractivity contribution is 0.571. The highest BCUT2D eigenvalue weighted by molar-refractivity contribution is 7.15. The zero-order valence-electron chi connectivity index (χ0n) is 9.19. The van der Waals surface area contributed by atoms with Gasteiger partial charge >= 0.3 is 0 Å². The lowest BCUT2D eigenvalue weighted by Crippen LogP contribution is -2.15. The Morgan fingerprint density at radius 3 is 3.06 bits per heavy atom. The Labute approximate surface area is 98.5 Å². The topological polar surface area (TPSA) is 38.1 Å². The normalized spacial score (nSPS) is 15.6. The fourth-order valence-electron chi connectivity index (χ4n) is 1.59. The van der Waals surface area contributed by atoms with Gasteiger partial charge in [-0.1, -0.05) is 0 Å². The first-order valence-electron chi connectivity index (χ1n) is 5.56. The molecular weight excluding hydrogens is 220 g/mol. The van der Waals surface area contributed by atoms with Gasteiger partial charge < -0.3 is 9.73 Å². The minimum Gasteiger partial charge on any atom is -0.444 e. The molecule has 0 atom stereocenters. The van der Waals surface area contributed by atoms with Gasteiger partial charge in [0.25, 0.3) is 0 Å². The molecule has 1 saturated carbocycles. The lowest BCUT2D eigenvalue weighted by atomic mass is 10.4. The van der Waals surface area contributed by atoms with Gasteiger partial charge in [-0.05, 0) is 31.9 Å². The molecule has 4 heteroatoms. The first kappa shape index (κ1) is 10.1. The lowest BCUT2D eigenvalue weighted by Gasteiger charge is -1.95. The molecule has 0 spiro atoms. The maximum Gasteiger partial charge on any atom is 0.236 e. The van der Waals surface area contributed by atoms with Crippen molar-refractivity contribution in [3.05, 3.63) is 29.0 Å². The third kappa shape index (κ3) is 2.18. The number of hydrogen-bond acceptors (Lipinski definition) is 4. The minimum absolute atomic E-state index is 0.712. The van der Waals surface area contributed by atoms with E-state index >= 15 is 0 Å². The molecule has 0 amide bonds. The second-order valence-corrected chi connectivity index (χ2v) is 5.50. The Morgan fingerprint density at radius 1 is 1.50 bits per heavy atom. The first-order valence-corrected chi connectivity index (χ1v) is 6.37. The summed E-state index contributed by atoms with van der Waals surface area (Å²) in [5.41, 5.74) is 0.993. The van der Waals surface area contributed by atoms with Crippen LogP contribution >= 0.6 is 11.3 Å². The van der Waals surface area contributed by atoms with Crippen LogP contribution in [0.2, 0.25) is 0 Å². The van der Waals surface area contributed by atoms with E-state index in [2.05, 4.69) is 29.4 Å². The van der Waals surface area contributed by atoms with Crippen LogP contribution in [0.4, 0.5) is 0 Å². The molecular formula is C12H14N2OS. The number of aromatic nitrogens is 1. The van der Waals surface area contributed by atoms with Gasteiger partial charge in [0.1, 0.15) is 6.26 Å². The Bertz CT molecular complexity index is 485. The van der Waals surface area contributed by atoms with Gasteiger partial charge in [-0.25, -0.2) is 4.98 Å². The van der Waals surface area contributed by atoms with Crippen LogP contribution in [0.5, 0.6) is 0 Å². The SMILES string of the molecule is Cc1ccc(-c2nc(CNC3CC3)co2)s1. The van der Waals surface area contributed by atoms with Crippen molar-refractivity contribution in [3.8, 4) is 10.8 Å². The molecule has 0 bridgehead atoms. The zero-order chi connectivity index (χ0) is 11.0. The molecule has 0 aliphatic heterocycles. The molecule has 2 heterocycles. The molecule has 1 aliphatic carbocycles. The van der Waals surface area contributed by atoms with Crippen molar-refractivity contribution in [1.82, 2.24) is 10.3 Å². The second-order valence-electron chi connectivity index (χ2n) is 4.21.